The van der Waals surface area contributed by atoms with E-state index in [2.05, 4.69) is 33.0 Å². The van der Waals surface area contributed by atoms with Crippen molar-refractivity contribution in [2.75, 3.05) is 13.6 Å². The first-order chi connectivity index (χ1) is 5.47. The van der Waals surface area contributed by atoms with E-state index in [0.29, 0.717) is 17.4 Å². The van der Waals surface area contributed by atoms with Gasteiger partial charge in [0.25, 0.3) is 0 Å². The zero-order chi connectivity index (χ0) is 9.78. The molecule has 0 fully saturated rings. The molecule has 0 spiro atoms. The van der Waals surface area contributed by atoms with Gasteiger partial charge in [-0.15, -0.1) is 0 Å². The minimum atomic E-state index is 0.300. The van der Waals surface area contributed by atoms with Crippen molar-refractivity contribution < 1.29 is 0 Å². The fraction of sp³-hybridized carbons (Fsp3) is 1.00. The summed E-state index contributed by atoms with van der Waals surface area (Å²) in [6.45, 7) is 9.75. The lowest BCUT2D eigenvalue weighted by atomic mass is 9.78. The second-order valence-corrected chi connectivity index (χ2v) is 4.54. The van der Waals surface area contributed by atoms with Crippen molar-refractivity contribution in [1.29, 1.82) is 0 Å². The maximum absolute atomic E-state index is 5.72. The number of nitrogens with two attached hydrogens (primary N) is 1. The van der Waals surface area contributed by atoms with Gasteiger partial charge in [0.15, 0.2) is 0 Å². The van der Waals surface area contributed by atoms with Crippen LogP contribution in [0.15, 0.2) is 0 Å². The lowest BCUT2D eigenvalue weighted by molar-refractivity contribution is 0.201. The van der Waals surface area contributed by atoms with Gasteiger partial charge in [0.1, 0.15) is 0 Å². The molecule has 2 nitrogen and oxygen atoms in total. The van der Waals surface area contributed by atoms with Gasteiger partial charge in [-0.2, -0.15) is 0 Å². The SMILES string of the molecule is CCC(CN)C(NC)C(C)(C)C. The van der Waals surface area contributed by atoms with E-state index in [0.717, 1.165) is 13.0 Å². The van der Waals surface area contributed by atoms with Crippen molar-refractivity contribution in [2.45, 2.75) is 40.2 Å². The van der Waals surface area contributed by atoms with Crippen molar-refractivity contribution in [3.8, 4) is 0 Å². The van der Waals surface area contributed by atoms with E-state index in [1.165, 1.54) is 0 Å². The first kappa shape index (κ1) is 11.9. The Morgan fingerprint density at radius 3 is 1.92 bits per heavy atom. The van der Waals surface area contributed by atoms with Crippen LogP contribution in [0.3, 0.4) is 0 Å². The highest BCUT2D eigenvalue weighted by atomic mass is 14.9. The number of hydrogen-bond donors (Lipinski definition) is 2. The highest BCUT2D eigenvalue weighted by Crippen LogP contribution is 2.26. The van der Waals surface area contributed by atoms with Crippen LogP contribution in [0, 0.1) is 11.3 Å². The molecule has 0 aromatic carbocycles. The topological polar surface area (TPSA) is 38.0 Å². The van der Waals surface area contributed by atoms with Gasteiger partial charge in [-0.25, -0.2) is 0 Å². The molecule has 2 heteroatoms. The van der Waals surface area contributed by atoms with Crippen LogP contribution in [-0.2, 0) is 0 Å². The van der Waals surface area contributed by atoms with Crippen molar-refractivity contribution in [1.82, 2.24) is 5.32 Å². The highest BCUT2D eigenvalue weighted by Gasteiger charge is 2.28. The standard InChI is InChI=1S/C10H24N2/c1-6-8(7-11)9(12-5)10(2,3)4/h8-9,12H,6-7,11H2,1-5H3. The molecule has 12 heavy (non-hydrogen) atoms. The largest absolute Gasteiger partial charge is 0.330 e. The predicted octanol–water partition coefficient (Wildman–Crippen LogP) is 1.61. The van der Waals surface area contributed by atoms with E-state index >= 15 is 0 Å². The first-order valence-electron chi connectivity index (χ1n) is 4.84. The summed E-state index contributed by atoms with van der Waals surface area (Å²) in [6.07, 6.45) is 1.15. The van der Waals surface area contributed by atoms with Gasteiger partial charge < -0.3 is 11.1 Å². The Balaban J connectivity index is 4.31. The first-order valence-corrected chi connectivity index (χ1v) is 4.84. The maximum atomic E-state index is 5.72. The summed E-state index contributed by atoms with van der Waals surface area (Å²) in [5.74, 6) is 0.593. The van der Waals surface area contributed by atoms with Crippen LogP contribution in [0.25, 0.3) is 0 Å². The Kier molecular flexibility index (Phi) is 4.80. The van der Waals surface area contributed by atoms with E-state index in [1.807, 2.05) is 7.05 Å². The minimum absolute atomic E-state index is 0.300. The molecular weight excluding hydrogens is 148 g/mol. The molecular formula is C10H24N2. The summed E-state index contributed by atoms with van der Waals surface area (Å²) in [5.41, 5.74) is 6.02. The monoisotopic (exact) mass is 172 g/mol. The molecule has 0 saturated heterocycles. The van der Waals surface area contributed by atoms with Crippen LogP contribution in [0.2, 0.25) is 0 Å². The Labute approximate surface area is 76.9 Å². The molecule has 0 saturated carbocycles. The molecule has 0 aromatic rings. The Hall–Kier alpha value is -0.0800. The van der Waals surface area contributed by atoms with Gasteiger partial charge in [-0.05, 0) is 24.9 Å². The number of hydrogen-bond acceptors (Lipinski definition) is 2. The number of nitrogens with one attached hydrogen (secondary N) is 1. The van der Waals surface area contributed by atoms with E-state index < -0.39 is 0 Å². The van der Waals surface area contributed by atoms with Gasteiger partial charge in [0, 0.05) is 6.04 Å². The van der Waals surface area contributed by atoms with Crippen LogP contribution in [0.1, 0.15) is 34.1 Å². The second-order valence-electron chi connectivity index (χ2n) is 4.54. The van der Waals surface area contributed by atoms with Crippen LogP contribution in [0.4, 0.5) is 0 Å². The summed E-state index contributed by atoms with van der Waals surface area (Å²) in [6, 6.07) is 0.521. The van der Waals surface area contributed by atoms with E-state index in [-0.39, 0.29) is 0 Å². The van der Waals surface area contributed by atoms with Crippen LogP contribution < -0.4 is 11.1 Å². The molecule has 0 aromatic heterocycles. The summed E-state index contributed by atoms with van der Waals surface area (Å²) in [4.78, 5) is 0. The average Bonchev–Trinajstić information content (AvgIpc) is 1.97. The van der Waals surface area contributed by atoms with Gasteiger partial charge in [0.05, 0.1) is 0 Å². The predicted molar refractivity (Wildman–Crippen MR) is 55.1 cm³/mol. The zero-order valence-electron chi connectivity index (χ0n) is 9.15. The average molecular weight is 172 g/mol. The lowest BCUT2D eigenvalue weighted by Gasteiger charge is -2.36. The van der Waals surface area contributed by atoms with Gasteiger partial charge in [-0.3, -0.25) is 0 Å². The second kappa shape index (κ2) is 4.83. The molecule has 0 aliphatic rings. The Morgan fingerprint density at radius 1 is 1.33 bits per heavy atom. The summed E-state index contributed by atoms with van der Waals surface area (Å²) in [7, 11) is 2.02. The van der Waals surface area contributed by atoms with E-state index in [1.54, 1.807) is 0 Å². The molecule has 0 radical (unpaired) electrons. The lowest BCUT2D eigenvalue weighted by Crippen LogP contribution is -2.46. The molecule has 2 atom stereocenters. The minimum Gasteiger partial charge on any atom is -0.330 e. The summed E-state index contributed by atoms with van der Waals surface area (Å²) >= 11 is 0. The molecule has 0 aliphatic heterocycles. The number of rotatable bonds is 4. The van der Waals surface area contributed by atoms with Crippen molar-refractivity contribution in [3.63, 3.8) is 0 Å². The quantitative estimate of drug-likeness (QED) is 0.676. The molecule has 74 valence electrons. The van der Waals surface area contributed by atoms with Crippen LogP contribution in [-0.4, -0.2) is 19.6 Å². The molecule has 2 unspecified atom stereocenters. The van der Waals surface area contributed by atoms with Gasteiger partial charge in [0.2, 0.25) is 0 Å². The van der Waals surface area contributed by atoms with Gasteiger partial charge >= 0.3 is 0 Å². The van der Waals surface area contributed by atoms with Crippen LogP contribution in [0.5, 0.6) is 0 Å². The van der Waals surface area contributed by atoms with Crippen molar-refractivity contribution >= 4 is 0 Å². The molecule has 0 rings (SSSR count). The van der Waals surface area contributed by atoms with Crippen molar-refractivity contribution in [3.05, 3.63) is 0 Å². The van der Waals surface area contributed by atoms with E-state index in [9.17, 15) is 0 Å². The van der Waals surface area contributed by atoms with Crippen LogP contribution >= 0.6 is 0 Å². The zero-order valence-corrected chi connectivity index (χ0v) is 9.15. The fourth-order valence-corrected chi connectivity index (χ4v) is 1.91. The maximum Gasteiger partial charge on any atom is 0.0153 e. The smallest absolute Gasteiger partial charge is 0.0153 e. The van der Waals surface area contributed by atoms with Gasteiger partial charge in [-0.1, -0.05) is 34.1 Å². The summed E-state index contributed by atoms with van der Waals surface area (Å²) in [5, 5.41) is 3.36. The Bertz CT molecular complexity index is 111. The molecule has 0 aliphatic carbocycles. The molecule has 3 N–H and O–H groups in total. The summed E-state index contributed by atoms with van der Waals surface area (Å²) < 4.78 is 0. The third kappa shape index (κ3) is 3.11. The normalized spacial score (nSPS) is 17.5. The molecule has 0 bridgehead atoms. The molecule has 0 amide bonds. The Morgan fingerprint density at radius 2 is 1.83 bits per heavy atom. The molecule has 0 heterocycles. The van der Waals surface area contributed by atoms with E-state index in [4.69, 9.17) is 5.73 Å². The van der Waals surface area contributed by atoms with Crippen molar-refractivity contribution in [2.24, 2.45) is 17.1 Å². The fourth-order valence-electron chi connectivity index (χ4n) is 1.91. The third-order valence-corrected chi connectivity index (χ3v) is 2.54. The third-order valence-electron chi connectivity index (χ3n) is 2.54. The highest BCUT2D eigenvalue weighted by molar-refractivity contribution is 4.85.